The third-order valence-electron chi connectivity index (χ3n) is 4.52. The van der Waals surface area contributed by atoms with E-state index in [2.05, 4.69) is 9.88 Å². The average molecular weight is 355 g/mol. The number of benzene rings is 1. The molecule has 0 saturated carbocycles. The normalized spacial score (nSPS) is 13.5. The molecular formula is C20H25N3O3. The summed E-state index contributed by atoms with van der Waals surface area (Å²) in [4.78, 5) is 21.1. The minimum absolute atomic E-state index is 0.0293. The zero-order valence-corrected chi connectivity index (χ0v) is 15.4. The third kappa shape index (κ3) is 4.25. The first-order chi connectivity index (χ1) is 12.7. The molecule has 1 aliphatic heterocycles. The number of carbonyl (C=O) groups is 1. The van der Waals surface area contributed by atoms with E-state index >= 15 is 0 Å². The number of methoxy groups -OCH3 is 1. The van der Waals surface area contributed by atoms with Crippen molar-refractivity contribution in [1.82, 2.24) is 9.88 Å². The van der Waals surface area contributed by atoms with E-state index in [1.807, 2.05) is 36.4 Å². The number of likely N-dealkylation sites (N-methyl/N-ethyl adjacent to an activating group) is 1. The second kappa shape index (κ2) is 8.56. The van der Waals surface area contributed by atoms with Gasteiger partial charge in [-0.2, -0.15) is 0 Å². The molecule has 138 valence electrons. The Morgan fingerprint density at radius 1 is 1.15 bits per heavy atom. The summed E-state index contributed by atoms with van der Waals surface area (Å²) in [6.07, 6.45) is 4.04. The van der Waals surface area contributed by atoms with E-state index in [0.29, 0.717) is 18.7 Å². The van der Waals surface area contributed by atoms with Crippen LogP contribution in [0.15, 0.2) is 42.6 Å². The maximum atomic E-state index is 12.8. The summed E-state index contributed by atoms with van der Waals surface area (Å²) in [5, 5.41) is 0. The van der Waals surface area contributed by atoms with Crippen molar-refractivity contribution in [3.05, 3.63) is 48.2 Å². The summed E-state index contributed by atoms with van der Waals surface area (Å²) in [6, 6.07) is 11.1. The first-order valence-corrected chi connectivity index (χ1v) is 8.91. The maximum absolute atomic E-state index is 12.8. The standard InChI is InChI=1S/C20H25N3O3/c1-22(14-15-26-17-9-7-16(25-2)8-10-17)20(24)18-6-5-11-21-19(18)23-12-3-4-13-23/h5-11H,3-4,12-15H2,1-2H3. The van der Waals surface area contributed by atoms with Crippen LogP contribution < -0.4 is 14.4 Å². The molecule has 6 heteroatoms. The molecule has 1 aromatic heterocycles. The van der Waals surface area contributed by atoms with Crippen LogP contribution in [0.25, 0.3) is 0 Å². The molecule has 0 unspecified atom stereocenters. The molecule has 0 bridgehead atoms. The van der Waals surface area contributed by atoms with Crippen LogP contribution in [0.5, 0.6) is 11.5 Å². The number of pyridine rings is 1. The fourth-order valence-corrected chi connectivity index (χ4v) is 3.02. The van der Waals surface area contributed by atoms with Gasteiger partial charge < -0.3 is 19.3 Å². The number of nitrogens with zero attached hydrogens (tertiary/aromatic N) is 3. The number of hydrogen-bond donors (Lipinski definition) is 0. The Morgan fingerprint density at radius 3 is 2.54 bits per heavy atom. The molecule has 1 aromatic carbocycles. The zero-order chi connectivity index (χ0) is 18.4. The van der Waals surface area contributed by atoms with Gasteiger partial charge in [-0.25, -0.2) is 4.98 Å². The Balaban J connectivity index is 1.57. The predicted octanol–water partition coefficient (Wildman–Crippen LogP) is 2.84. The van der Waals surface area contributed by atoms with Crippen LogP contribution in [0, 0.1) is 0 Å². The van der Waals surface area contributed by atoms with E-state index in [9.17, 15) is 4.79 Å². The fraction of sp³-hybridized carbons (Fsp3) is 0.400. The number of rotatable bonds is 7. The van der Waals surface area contributed by atoms with Gasteiger partial charge in [-0.05, 0) is 49.2 Å². The number of aromatic nitrogens is 1. The highest BCUT2D eigenvalue weighted by molar-refractivity contribution is 5.98. The molecule has 0 spiro atoms. The monoisotopic (exact) mass is 355 g/mol. The summed E-state index contributed by atoms with van der Waals surface area (Å²) in [6.45, 7) is 2.84. The molecule has 0 radical (unpaired) electrons. The molecule has 0 N–H and O–H groups in total. The van der Waals surface area contributed by atoms with Gasteiger partial charge in [0, 0.05) is 26.3 Å². The lowest BCUT2D eigenvalue weighted by molar-refractivity contribution is 0.0774. The largest absolute Gasteiger partial charge is 0.497 e. The SMILES string of the molecule is COc1ccc(OCCN(C)C(=O)c2cccnc2N2CCCC2)cc1. The lowest BCUT2D eigenvalue weighted by atomic mass is 10.2. The molecule has 1 aliphatic rings. The Bertz CT molecular complexity index is 727. The molecule has 1 saturated heterocycles. The molecular weight excluding hydrogens is 330 g/mol. The molecule has 1 fully saturated rings. The summed E-state index contributed by atoms with van der Waals surface area (Å²) in [5.74, 6) is 2.30. The minimum Gasteiger partial charge on any atom is -0.497 e. The summed E-state index contributed by atoms with van der Waals surface area (Å²) in [5.41, 5.74) is 0.654. The summed E-state index contributed by atoms with van der Waals surface area (Å²) >= 11 is 0. The van der Waals surface area contributed by atoms with Crippen LogP contribution in [-0.2, 0) is 0 Å². The first-order valence-electron chi connectivity index (χ1n) is 8.91. The Labute approximate surface area is 154 Å². The van der Waals surface area contributed by atoms with Gasteiger partial charge in [0.25, 0.3) is 5.91 Å². The van der Waals surface area contributed by atoms with Crippen molar-refractivity contribution in [2.45, 2.75) is 12.8 Å². The summed E-state index contributed by atoms with van der Waals surface area (Å²) < 4.78 is 10.8. The highest BCUT2D eigenvalue weighted by atomic mass is 16.5. The van der Waals surface area contributed by atoms with Crippen LogP contribution in [0.1, 0.15) is 23.2 Å². The highest BCUT2D eigenvalue weighted by Crippen LogP contribution is 2.23. The van der Waals surface area contributed by atoms with E-state index in [-0.39, 0.29) is 5.91 Å². The second-order valence-corrected chi connectivity index (χ2v) is 6.32. The molecule has 2 heterocycles. The first kappa shape index (κ1) is 18.0. The van der Waals surface area contributed by atoms with Gasteiger partial charge in [-0.1, -0.05) is 0 Å². The smallest absolute Gasteiger partial charge is 0.257 e. The highest BCUT2D eigenvalue weighted by Gasteiger charge is 2.22. The minimum atomic E-state index is -0.0293. The number of hydrogen-bond acceptors (Lipinski definition) is 5. The van der Waals surface area contributed by atoms with E-state index < -0.39 is 0 Å². The molecule has 6 nitrogen and oxygen atoms in total. The van der Waals surface area contributed by atoms with Gasteiger partial charge in [0.15, 0.2) is 0 Å². The van der Waals surface area contributed by atoms with Crippen molar-refractivity contribution in [3.8, 4) is 11.5 Å². The lowest BCUT2D eigenvalue weighted by Crippen LogP contribution is -2.33. The number of ether oxygens (including phenoxy) is 2. The van der Waals surface area contributed by atoms with Crippen LogP contribution in [0.2, 0.25) is 0 Å². The molecule has 1 amide bonds. The molecule has 3 rings (SSSR count). The van der Waals surface area contributed by atoms with Crippen LogP contribution in [0.3, 0.4) is 0 Å². The topological polar surface area (TPSA) is 54.9 Å². The quantitative estimate of drug-likeness (QED) is 0.764. The van der Waals surface area contributed by atoms with E-state index in [0.717, 1.165) is 43.2 Å². The van der Waals surface area contributed by atoms with Gasteiger partial charge in [-0.3, -0.25) is 4.79 Å². The molecule has 0 atom stereocenters. The van der Waals surface area contributed by atoms with Gasteiger partial charge in [0.05, 0.1) is 19.2 Å². The van der Waals surface area contributed by atoms with Crippen LogP contribution >= 0.6 is 0 Å². The second-order valence-electron chi connectivity index (χ2n) is 6.32. The Morgan fingerprint density at radius 2 is 1.85 bits per heavy atom. The number of amides is 1. The van der Waals surface area contributed by atoms with Gasteiger partial charge >= 0.3 is 0 Å². The van der Waals surface area contributed by atoms with Crippen molar-refractivity contribution in [1.29, 1.82) is 0 Å². The lowest BCUT2D eigenvalue weighted by Gasteiger charge is -2.23. The predicted molar refractivity (Wildman–Crippen MR) is 101 cm³/mol. The van der Waals surface area contributed by atoms with Crippen molar-refractivity contribution >= 4 is 11.7 Å². The van der Waals surface area contributed by atoms with Crippen molar-refractivity contribution < 1.29 is 14.3 Å². The maximum Gasteiger partial charge on any atom is 0.257 e. The Hall–Kier alpha value is -2.76. The third-order valence-corrected chi connectivity index (χ3v) is 4.52. The van der Waals surface area contributed by atoms with Crippen LogP contribution in [0.4, 0.5) is 5.82 Å². The molecule has 0 aliphatic carbocycles. The van der Waals surface area contributed by atoms with Gasteiger partial charge in [0.2, 0.25) is 0 Å². The number of carbonyl (C=O) groups excluding carboxylic acids is 1. The van der Waals surface area contributed by atoms with Gasteiger partial charge in [0.1, 0.15) is 23.9 Å². The summed E-state index contributed by atoms with van der Waals surface area (Å²) in [7, 11) is 3.42. The number of anilines is 1. The van der Waals surface area contributed by atoms with Gasteiger partial charge in [-0.15, -0.1) is 0 Å². The van der Waals surface area contributed by atoms with E-state index in [4.69, 9.17) is 9.47 Å². The van der Waals surface area contributed by atoms with Crippen molar-refractivity contribution in [3.63, 3.8) is 0 Å². The van der Waals surface area contributed by atoms with Crippen molar-refractivity contribution in [2.24, 2.45) is 0 Å². The Kier molecular flexibility index (Phi) is 5.94. The fourth-order valence-electron chi connectivity index (χ4n) is 3.02. The average Bonchev–Trinajstić information content (AvgIpc) is 3.22. The molecule has 2 aromatic rings. The van der Waals surface area contributed by atoms with E-state index in [1.54, 1.807) is 25.3 Å². The van der Waals surface area contributed by atoms with Crippen molar-refractivity contribution in [2.75, 3.05) is 45.3 Å². The van der Waals surface area contributed by atoms with E-state index in [1.165, 1.54) is 0 Å². The molecule has 26 heavy (non-hydrogen) atoms. The zero-order valence-electron chi connectivity index (χ0n) is 15.4. The van der Waals surface area contributed by atoms with Crippen LogP contribution in [-0.4, -0.2) is 56.2 Å².